The maximum atomic E-state index is 6.32. The van der Waals surface area contributed by atoms with Crippen LogP contribution in [0.1, 0.15) is 35.7 Å². The van der Waals surface area contributed by atoms with Crippen LogP contribution in [0.3, 0.4) is 0 Å². The average Bonchev–Trinajstić information content (AvgIpc) is 2.93. The third kappa shape index (κ3) is 2.68. The van der Waals surface area contributed by atoms with Crippen molar-refractivity contribution in [2.45, 2.75) is 39.8 Å². The highest BCUT2D eigenvalue weighted by Gasteiger charge is 2.20. The minimum absolute atomic E-state index is 0.0438. The molecule has 2 aromatic rings. The number of aryl methyl sites for hydroxylation is 3. The first-order valence-electron chi connectivity index (χ1n) is 6.30. The molecule has 2 aromatic heterocycles. The van der Waals surface area contributed by atoms with E-state index in [1.54, 1.807) is 6.26 Å². The molecule has 104 valence electrons. The van der Waals surface area contributed by atoms with Crippen molar-refractivity contribution in [3.05, 3.63) is 40.1 Å². The van der Waals surface area contributed by atoms with E-state index in [0.717, 1.165) is 29.3 Å². The Balaban J connectivity index is 2.31. The van der Waals surface area contributed by atoms with Crippen molar-refractivity contribution in [3.8, 4) is 0 Å². The van der Waals surface area contributed by atoms with Crippen molar-refractivity contribution in [1.29, 1.82) is 0 Å². The van der Waals surface area contributed by atoms with E-state index in [1.165, 1.54) is 0 Å². The molecular weight excluding hydrogens is 264 g/mol. The lowest BCUT2D eigenvalue weighted by Crippen LogP contribution is -2.30. The molecule has 0 aliphatic heterocycles. The summed E-state index contributed by atoms with van der Waals surface area (Å²) in [4.78, 5) is 0. The fourth-order valence-corrected chi connectivity index (χ4v) is 2.48. The Morgan fingerprint density at radius 3 is 2.79 bits per heavy atom. The van der Waals surface area contributed by atoms with E-state index in [2.05, 4.69) is 10.5 Å². The van der Waals surface area contributed by atoms with Gasteiger partial charge in [-0.05, 0) is 26.8 Å². The van der Waals surface area contributed by atoms with Crippen LogP contribution >= 0.6 is 11.6 Å². The van der Waals surface area contributed by atoms with E-state index < -0.39 is 0 Å². The monoisotopic (exact) mass is 282 g/mol. The predicted molar refractivity (Wildman–Crippen MR) is 74.9 cm³/mol. The Kier molecular flexibility index (Phi) is 4.29. The lowest BCUT2D eigenvalue weighted by Gasteiger charge is -2.16. The number of aromatic nitrogens is 2. The minimum Gasteiger partial charge on any atom is -0.469 e. The van der Waals surface area contributed by atoms with Gasteiger partial charge in [0.15, 0.2) is 0 Å². The van der Waals surface area contributed by atoms with Gasteiger partial charge in [-0.2, -0.15) is 5.10 Å². The molecule has 2 heterocycles. The van der Waals surface area contributed by atoms with Crippen LogP contribution in [0.15, 0.2) is 16.7 Å². The molecule has 5 nitrogen and oxygen atoms in total. The number of nitrogens with one attached hydrogen (secondary N) is 1. The van der Waals surface area contributed by atoms with Crippen molar-refractivity contribution in [1.82, 2.24) is 15.2 Å². The quantitative estimate of drug-likeness (QED) is 0.653. The molecule has 0 radical (unpaired) electrons. The Labute approximate surface area is 117 Å². The van der Waals surface area contributed by atoms with Gasteiger partial charge >= 0.3 is 0 Å². The maximum absolute atomic E-state index is 6.32. The van der Waals surface area contributed by atoms with E-state index in [1.807, 2.05) is 31.5 Å². The number of hydrazine groups is 1. The second-order valence-electron chi connectivity index (χ2n) is 4.52. The Morgan fingerprint density at radius 1 is 1.53 bits per heavy atom. The largest absolute Gasteiger partial charge is 0.469 e. The van der Waals surface area contributed by atoms with Gasteiger partial charge in [0.1, 0.15) is 5.76 Å². The molecule has 1 unspecified atom stereocenters. The summed E-state index contributed by atoms with van der Waals surface area (Å²) < 4.78 is 7.24. The fraction of sp³-hybridized carbons (Fsp3) is 0.462. The molecule has 0 aliphatic carbocycles. The first-order valence-corrected chi connectivity index (χ1v) is 6.68. The van der Waals surface area contributed by atoms with E-state index in [0.29, 0.717) is 11.4 Å². The van der Waals surface area contributed by atoms with Crippen LogP contribution in [0.2, 0.25) is 5.02 Å². The lowest BCUT2D eigenvalue weighted by molar-refractivity contribution is 0.489. The molecule has 2 rings (SSSR count). The second-order valence-corrected chi connectivity index (χ2v) is 4.90. The SMILES string of the molecule is CCn1nc(C)c(Cl)c1CC(NN)c1ccoc1C. The van der Waals surface area contributed by atoms with Crippen LogP contribution in [-0.2, 0) is 13.0 Å². The Hall–Kier alpha value is -1.30. The third-order valence-electron chi connectivity index (χ3n) is 3.33. The van der Waals surface area contributed by atoms with Gasteiger partial charge in [-0.25, -0.2) is 0 Å². The zero-order chi connectivity index (χ0) is 14.0. The van der Waals surface area contributed by atoms with Gasteiger partial charge in [-0.3, -0.25) is 16.0 Å². The van der Waals surface area contributed by atoms with Gasteiger partial charge in [0.25, 0.3) is 0 Å². The lowest BCUT2D eigenvalue weighted by atomic mass is 10.0. The summed E-state index contributed by atoms with van der Waals surface area (Å²) in [6.07, 6.45) is 2.34. The molecule has 3 N–H and O–H groups in total. The van der Waals surface area contributed by atoms with Gasteiger partial charge in [-0.15, -0.1) is 0 Å². The van der Waals surface area contributed by atoms with Crippen molar-refractivity contribution < 1.29 is 4.42 Å². The van der Waals surface area contributed by atoms with E-state index in [4.69, 9.17) is 21.9 Å². The van der Waals surface area contributed by atoms with Gasteiger partial charge in [0, 0.05) is 18.5 Å². The Bertz CT molecular complexity index is 561. The number of nitrogens with two attached hydrogens (primary N) is 1. The molecule has 0 fully saturated rings. The van der Waals surface area contributed by atoms with Crippen LogP contribution in [0.25, 0.3) is 0 Å². The number of hydrogen-bond donors (Lipinski definition) is 2. The highest BCUT2D eigenvalue weighted by molar-refractivity contribution is 6.31. The van der Waals surface area contributed by atoms with Crippen LogP contribution in [-0.4, -0.2) is 9.78 Å². The van der Waals surface area contributed by atoms with Gasteiger partial charge < -0.3 is 4.42 Å². The summed E-state index contributed by atoms with van der Waals surface area (Å²) in [5.41, 5.74) is 5.70. The van der Waals surface area contributed by atoms with Crippen molar-refractivity contribution in [3.63, 3.8) is 0 Å². The number of hydrogen-bond acceptors (Lipinski definition) is 4. The molecule has 19 heavy (non-hydrogen) atoms. The Morgan fingerprint density at radius 2 is 2.26 bits per heavy atom. The molecule has 1 atom stereocenters. The number of nitrogens with zero attached hydrogens (tertiary/aromatic N) is 2. The normalized spacial score (nSPS) is 12.9. The zero-order valence-corrected chi connectivity index (χ0v) is 12.2. The van der Waals surface area contributed by atoms with E-state index in [9.17, 15) is 0 Å². The molecule has 0 saturated heterocycles. The molecule has 0 amide bonds. The second kappa shape index (κ2) is 5.77. The highest BCUT2D eigenvalue weighted by atomic mass is 35.5. The minimum atomic E-state index is -0.0438. The topological polar surface area (TPSA) is 69.0 Å². The number of furan rings is 1. The summed E-state index contributed by atoms with van der Waals surface area (Å²) in [6, 6.07) is 1.88. The standard InChI is InChI=1S/C13H19ClN4O/c1-4-18-12(13(14)8(2)17-18)7-11(16-15)10-5-6-19-9(10)3/h5-6,11,16H,4,7,15H2,1-3H3. The van der Waals surface area contributed by atoms with Crippen molar-refractivity contribution in [2.75, 3.05) is 0 Å². The van der Waals surface area contributed by atoms with Crippen LogP contribution < -0.4 is 11.3 Å². The maximum Gasteiger partial charge on any atom is 0.105 e. The first-order chi connectivity index (χ1) is 9.08. The predicted octanol–water partition coefficient (Wildman–Crippen LogP) is 2.51. The van der Waals surface area contributed by atoms with Gasteiger partial charge in [-0.1, -0.05) is 11.6 Å². The molecule has 0 aromatic carbocycles. The van der Waals surface area contributed by atoms with Crippen molar-refractivity contribution in [2.24, 2.45) is 5.84 Å². The van der Waals surface area contributed by atoms with Crippen LogP contribution in [0.4, 0.5) is 0 Å². The molecule has 0 aliphatic rings. The third-order valence-corrected chi connectivity index (χ3v) is 3.82. The average molecular weight is 283 g/mol. The first kappa shape index (κ1) is 14.1. The van der Waals surface area contributed by atoms with Crippen LogP contribution in [0, 0.1) is 13.8 Å². The summed E-state index contributed by atoms with van der Waals surface area (Å²) in [5, 5.41) is 5.12. The molecule has 0 spiro atoms. The zero-order valence-electron chi connectivity index (χ0n) is 11.4. The van der Waals surface area contributed by atoms with E-state index >= 15 is 0 Å². The summed E-state index contributed by atoms with van der Waals surface area (Å²) in [6.45, 7) is 6.65. The number of halogens is 1. The molecule has 0 bridgehead atoms. The smallest absolute Gasteiger partial charge is 0.105 e. The highest BCUT2D eigenvalue weighted by Crippen LogP contribution is 2.27. The summed E-state index contributed by atoms with van der Waals surface area (Å²) in [5.74, 6) is 6.52. The van der Waals surface area contributed by atoms with Gasteiger partial charge in [0.2, 0.25) is 0 Å². The summed E-state index contributed by atoms with van der Waals surface area (Å²) in [7, 11) is 0. The number of rotatable bonds is 5. The molecule has 0 saturated carbocycles. The molecule has 6 heteroatoms. The van der Waals surface area contributed by atoms with Crippen LogP contribution in [0.5, 0.6) is 0 Å². The van der Waals surface area contributed by atoms with Gasteiger partial charge in [0.05, 0.1) is 28.7 Å². The summed E-state index contributed by atoms with van der Waals surface area (Å²) >= 11 is 6.32. The van der Waals surface area contributed by atoms with Crippen molar-refractivity contribution >= 4 is 11.6 Å². The fourth-order valence-electron chi connectivity index (χ4n) is 2.27. The van der Waals surface area contributed by atoms with E-state index in [-0.39, 0.29) is 6.04 Å². The molecular formula is C13H19ClN4O.